The standard InChI is InChI=1S/C19H21N3O6S/c1-3-10-20-19(25)21-14-4-6-15(7-5-14)22-29(26,27)16-8-9-17(13(2)11-16)28-12-18(23)24/h3-9,11,22H,1,10,12H2,2H3,(H,23,24)(H2,20,21,25). The summed E-state index contributed by atoms with van der Waals surface area (Å²) in [5, 5.41) is 13.8. The van der Waals surface area contributed by atoms with Crippen molar-refractivity contribution in [2.75, 3.05) is 23.2 Å². The Morgan fingerprint density at radius 1 is 1.14 bits per heavy atom. The number of carboxylic acid groups (broad SMARTS) is 1. The Balaban J connectivity index is 2.06. The molecule has 0 aliphatic rings. The SMILES string of the molecule is C=CCNC(=O)Nc1ccc(NS(=O)(=O)c2ccc(OCC(=O)O)c(C)c2)cc1. The number of carbonyl (C=O) groups excluding carboxylic acids is 1. The summed E-state index contributed by atoms with van der Waals surface area (Å²) in [6, 6.07) is 9.85. The fourth-order valence-corrected chi connectivity index (χ4v) is 3.41. The van der Waals surface area contributed by atoms with E-state index in [-0.39, 0.29) is 10.6 Å². The maximum absolute atomic E-state index is 12.6. The number of urea groups is 1. The summed E-state index contributed by atoms with van der Waals surface area (Å²) < 4.78 is 32.7. The molecule has 9 nitrogen and oxygen atoms in total. The smallest absolute Gasteiger partial charge is 0.341 e. The van der Waals surface area contributed by atoms with Gasteiger partial charge in [0.15, 0.2) is 6.61 Å². The van der Waals surface area contributed by atoms with E-state index in [0.717, 1.165) is 0 Å². The molecule has 10 heteroatoms. The number of carboxylic acids is 1. The number of hydrogen-bond acceptors (Lipinski definition) is 5. The van der Waals surface area contributed by atoms with E-state index in [2.05, 4.69) is 21.9 Å². The molecular formula is C19H21N3O6S. The van der Waals surface area contributed by atoms with Gasteiger partial charge in [0.2, 0.25) is 0 Å². The van der Waals surface area contributed by atoms with Crippen molar-refractivity contribution in [3.8, 4) is 5.75 Å². The van der Waals surface area contributed by atoms with E-state index in [0.29, 0.717) is 23.5 Å². The molecule has 0 aliphatic heterocycles. The molecule has 0 heterocycles. The zero-order valence-corrected chi connectivity index (χ0v) is 16.5. The molecule has 2 amide bonds. The number of benzene rings is 2. The highest BCUT2D eigenvalue weighted by Crippen LogP contribution is 2.24. The van der Waals surface area contributed by atoms with Crippen LogP contribution in [0.15, 0.2) is 60.0 Å². The first-order chi connectivity index (χ1) is 13.7. The first-order valence-electron chi connectivity index (χ1n) is 8.45. The Morgan fingerprint density at radius 3 is 2.38 bits per heavy atom. The van der Waals surface area contributed by atoms with Gasteiger partial charge in [-0.3, -0.25) is 4.72 Å². The van der Waals surface area contributed by atoms with Gasteiger partial charge in [-0.05, 0) is 55.0 Å². The van der Waals surface area contributed by atoms with E-state index >= 15 is 0 Å². The molecule has 0 unspecified atom stereocenters. The van der Waals surface area contributed by atoms with Crippen molar-refractivity contribution in [2.24, 2.45) is 0 Å². The molecule has 29 heavy (non-hydrogen) atoms. The van der Waals surface area contributed by atoms with Crippen LogP contribution in [0.5, 0.6) is 5.75 Å². The number of nitrogens with one attached hydrogen (secondary N) is 3. The van der Waals surface area contributed by atoms with Crippen LogP contribution in [0.4, 0.5) is 16.2 Å². The molecule has 0 atom stereocenters. The van der Waals surface area contributed by atoms with Crippen LogP contribution in [0, 0.1) is 6.92 Å². The minimum atomic E-state index is -3.86. The lowest BCUT2D eigenvalue weighted by Crippen LogP contribution is -2.28. The molecule has 0 aliphatic carbocycles. The van der Waals surface area contributed by atoms with Gasteiger partial charge in [0.05, 0.1) is 4.90 Å². The number of carbonyl (C=O) groups is 2. The number of anilines is 2. The normalized spacial score (nSPS) is 10.7. The van der Waals surface area contributed by atoms with Crippen LogP contribution in [0.25, 0.3) is 0 Å². The van der Waals surface area contributed by atoms with Crippen LogP contribution in [0.3, 0.4) is 0 Å². The Labute approximate surface area is 168 Å². The molecule has 2 aromatic rings. The summed E-state index contributed by atoms with van der Waals surface area (Å²) in [6.45, 7) is 4.92. The summed E-state index contributed by atoms with van der Waals surface area (Å²) in [5.74, 6) is -0.838. The van der Waals surface area contributed by atoms with Gasteiger partial charge in [-0.25, -0.2) is 18.0 Å². The van der Waals surface area contributed by atoms with E-state index in [9.17, 15) is 18.0 Å². The van der Waals surface area contributed by atoms with Gasteiger partial charge in [0, 0.05) is 17.9 Å². The Bertz CT molecular complexity index is 1000. The quantitative estimate of drug-likeness (QED) is 0.462. The lowest BCUT2D eigenvalue weighted by Gasteiger charge is -2.12. The molecule has 0 spiro atoms. The Kier molecular flexibility index (Phi) is 7.21. The van der Waals surface area contributed by atoms with E-state index in [1.54, 1.807) is 25.1 Å². The molecule has 0 aromatic heterocycles. The second-order valence-corrected chi connectivity index (χ2v) is 7.60. The highest BCUT2D eigenvalue weighted by atomic mass is 32.2. The van der Waals surface area contributed by atoms with E-state index in [4.69, 9.17) is 9.84 Å². The van der Waals surface area contributed by atoms with Crippen LogP contribution in [0.2, 0.25) is 0 Å². The molecular weight excluding hydrogens is 398 g/mol. The predicted octanol–water partition coefficient (Wildman–Crippen LogP) is 2.57. The molecule has 0 saturated heterocycles. The average Bonchev–Trinajstić information content (AvgIpc) is 2.66. The zero-order valence-electron chi connectivity index (χ0n) is 15.6. The number of hydrogen-bond donors (Lipinski definition) is 4. The maximum Gasteiger partial charge on any atom is 0.341 e. The molecule has 0 bridgehead atoms. The predicted molar refractivity (Wildman–Crippen MR) is 109 cm³/mol. The summed E-state index contributed by atoms with van der Waals surface area (Å²) in [6.07, 6.45) is 1.55. The summed E-state index contributed by atoms with van der Waals surface area (Å²) in [4.78, 5) is 22.2. The van der Waals surface area contributed by atoms with Gasteiger partial charge in [0.25, 0.3) is 10.0 Å². The Hall–Kier alpha value is -3.53. The Morgan fingerprint density at radius 2 is 1.79 bits per heavy atom. The molecule has 2 aromatic carbocycles. The zero-order chi connectivity index (χ0) is 21.4. The molecule has 0 fully saturated rings. The third kappa shape index (κ3) is 6.54. The van der Waals surface area contributed by atoms with Gasteiger partial charge >= 0.3 is 12.0 Å². The van der Waals surface area contributed by atoms with Crippen molar-refractivity contribution in [2.45, 2.75) is 11.8 Å². The first-order valence-corrected chi connectivity index (χ1v) is 9.93. The van der Waals surface area contributed by atoms with Crippen molar-refractivity contribution in [1.82, 2.24) is 5.32 Å². The van der Waals surface area contributed by atoms with Gasteiger partial charge in [0.1, 0.15) is 5.75 Å². The molecule has 154 valence electrons. The molecule has 0 radical (unpaired) electrons. The topological polar surface area (TPSA) is 134 Å². The number of rotatable bonds is 9. The van der Waals surface area contributed by atoms with Crippen LogP contribution < -0.4 is 20.1 Å². The van der Waals surface area contributed by atoms with E-state index in [1.807, 2.05) is 0 Å². The minimum Gasteiger partial charge on any atom is -0.482 e. The third-order valence-corrected chi connectivity index (χ3v) is 4.99. The van der Waals surface area contributed by atoms with E-state index in [1.165, 1.54) is 30.3 Å². The average molecular weight is 419 g/mol. The van der Waals surface area contributed by atoms with Crippen LogP contribution in [0.1, 0.15) is 5.56 Å². The number of aryl methyl sites for hydroxylation is 1. The highest BCUT2D eigenvalue weighted by Gasteiger charge is 2.16. The van der Waals surface area contributed by atoms with Crippen molar-refractivity contribution >= 4 is 33.4 Å². The summed E-state index contributed by atoms with van der Waals surface area (Å²) in [7, 11) is -3.86. The number of ether oxygens (including phenoxy) is 1. The van der Waals surface area contributed by atoms with Gasteiger partial charge in [-0.15, -0.1) is 6.58 Å². The monoisotopic (exact) mass is 419 g/mol. The second-order valence-electron chi connectivity index (χ2n) is 5.92. The minimum absolute atomic E-state index is 0.00341. The van der Waals surface area contributed by atoms with Crippen molar-refractivity contribution < 1.29 is 27.9 Å². The third-order valence-electron chi connectivity index (χ3n) is 3.61. The van der Waals surface area contributed by atoms with Crippen LogP contribution in [-0.2, 0) is 14.8 Å². The van der Waals surface area contributed by atoms with Gasteiger partial charge < -0.3 is 20.5 Å². The summed E-state index contributed by atoms with van der Waals surface area (Å²) >= 11 is 0. The first kappa shape index (κ1) is 21.8. The van der Waals surface area contributed by atoms with Crippen molar-refractivity contribution in [1.29, 1.82) is 0 Å². The lowest BCUT2D eigenvalue weighted by molar-refractivity contribution is -0.139. The largest absolute Gasteiger partial charge is 0.482 e. The molecule has 0 saturated carbocycles. The van der Waals surface area contributed by atoms with E-state index < -0.39 is 28.6 Å². The number of sulfonamides is 1. The molecule has 2 rings (SSSR count). The molecule has 4 N–H and O–H groups in total. The van der Waals surface area contributed by atoms with Gasteiger partial charge in [-0.2, -0.15) is 0 Å². The van der Waals surface area contributed by atoms with Crippen LogP contribution in [-0.4, -0.2) is 38.7 Å². The maximum atomic E-state index is 12.6. The number of amides is 2. The number of aliphatic carboxylic acids is 1. The summed E-state index contributed by atoms with van der Waals surface area (Å²) in [5.41, 5.74) is 1.29. The highest BCUT2D eigenvalue weighted by molar-refractivity contribution is 7.92. The van der Waals surface area contributed by atoms with Crippen LogP contribution >= 0.6 is 0 Å². The fourth-order valence-electron chi connectivity index (χ4n) is 2.27. The fraction of sp³-hybridized carbons (Fsp3) is 0.158. The van der Waals surface area contributed by atoms with Crippen molar-refractivity contribution in [3.05, 3.63) is 60.7 Å². The lowest BCUT2D eigenvalue weighted by atomic mass is 10.2. The van der Waals surface area contributed by atoms with Gasteiger partial charge in [-0.1, -0.05) is 6.08 Å². The second kappa shape index (κ2) is 9.60. The van der Waals surface area contributed by atoms with Crippen molar-refractivity contribution in [3.63, 3.8) is 0 Å².